The Balaban J connectivity index is 1.20. The summed E-state index contributed by atoms with van der Waals surface area (Å²) >= 11 is 0. The van der Waals surface area contributed by atoms with Crippen molar-refractivity contribution in [3.8, 4) is 5.75 Å². The fourth-order valence-electron chi connectivity index (χ4n) is 4.81. The maximum atomic E-state index is 6.05. The lowest BCUT2D eigenvalue weighted by Crippen LogP contribution is -2.31. The number of ether oxygens (including phenoxy) is 2. The Kier molecular flexibility index (Phi) is 7.19. The third-order valence-electron chi connectivity index (χ3n) is 6.67. The highest BCUT2D eigenvalue weighted by atomic mass is 16.5. The molecule has 1 atom stereocenters. The fraction of sp³-hybridized carbons (Fsp3) is 0.393. The van der Waals surface area contributed by atoms with E-state index in [9.17, 15) is 0 Å². The van der Waals surface area contributed by atoms with Crippen molar-refractivity contribution in [1.82, 2.24) is 10.3 Å². The van der Waals surface area contributed by atoms with Crippen molar-refractivity contribution in [2.45, 2.75) is 44.9 Å². The first kappa shape index (κ1) is 21.9. The summed E-state index contributed by atoms with van der Waals surface area (Å²) in [4.78, 5) is 6.89. The lowest BCUT2D eigenvalue weighted by atomic mass is 9.93. The first-order valence-electron chi connectivity index (χ1n) is 12.1. The lowest BCUT2D eigenvalue weighted by Gasteiger charge is -2.32. The van der Waals surface area contributed by atoms with E-state index in [-0.39, 0.29) is 0 Å². The van der Waals surface area contributed by atoms with Gasteiger partial charge in [-0.1, -0.05) is 48.5 Å². The normalized spacial score (nSPS) is 17.7. The van der Waals surface area contributed by atoms with Crippen LogP contribution in [-0.2, 0) is 30.7 Å². The lowest BCUT2D eigenvalue weighted by molar-refractivity contribution is 0.123. The molecule has 2 aliphatic rings. The van der Waals surface area contributed by atoms with Crippen LogP contribution in [0.25, 0.3) is 0 Å². The zero-order valence-corrected chi connectivity index (χ0v) is 19.2. The molecule has 0 bridgehead atoms. The Bertz CT molecular complexity index is 1030. The van der Waals surface area contributed by atoms with E-state index < -0.39 is 0 Å². The van der Waals surface area contributed by atoms with Gasteiger partial charge in [0.15, 0.2) is 0 Å². The highest BCUT2D eigenvalue weighted by Crippen LogP contribution is 2.29. The summed E-state index contributed by atoms with van der Waals surface area (Å²) in [6.45, 7) is 5.10. The number of anilines is 1. The van der Waals surface area contributed by atoms with Crippen molar-refractivity contribution in [1.29, 1.82) is 0 Å². The minimum absolute atomic E-state index is 0.460. The molecule has 3 heterocycles. The summed E-state index contributed by atoms with van der Waals surface area (Å²) in [7, 11) is 0. The van der Waals surface area contributed by atoms with Crippen LogP contribution in [0.2, 0.25) is 0 Å². The van der Waals surface area contributed by atoms with Crippen molar-refractivity contribution >= 4 is 5.69 Å². The van der Waals surface area contributed by atoms with E-state index in [4.69, 9.17) is 9.47 Å². The fourth-order valence-corrected chi connectivity index (χ4v) is 4.81. The third kappa shape index (κ3) is 5.73. The largest absolute Gasteiger partial charge is 0.490 e. The molecule has 1 fully saturated rings. The molecule has 5 rings (SSSR count). The smallest absolute Gasteiger partial charge is 0.139 e. The molecular formula is C28H33N3O2. The minimum atomic E-state index is 0.460. The van der Waals surface area contributed by atoms with Gasteiger partial charge in [0.05, 0.1) is 31.3 Å². The SMILES string of the molecule is c1ccc(COCCc2cccc3c2CN(c2cncc(OCC4CCCN4)c2)CC3)cc1. The Morgan fingerprint density at radius 3 is 2.88 bits per heavy atom. The Morgan fingerprint density at radius 2 is 2.00 bits per heavy atom. The Hall–Kier alpha value is -2.89. The number of benzene rings is 2. The van der Waals surface area contributed by atoms with Crippen LogP contribution in [0.4, 0.5) is 5.69 Å². The van der Waals surface area contributed by atoms with Crippen LogP contribution in [0.3, 0.4) is 0 Å². The van der Waals surface area contributed by atoms with Gasteiger partial charge in [-0.05, 0) is 54.5 Å². The summed E-state index contributed by atoms with van der Waals surface area (Å²) in [5.41, 5.74) is 6.63. The van der Waals surface area contributed by atoms with Crippen LogP contribution >= 0.6 is 0 Å². The third-order valence-corrected chi connectivity index (χ3v) is 6.67. The van der Waals surface area contributed by atoms with Crippen molar-refractivity contribution < 1.29 is 9.47 Å². The Labute approximate surface area is 196 Å². The summed E-state index contributed by atoms with van der Waals surface area (Å²) in [5, 5.41) is 3.49. The molecule has 0 saturated carbocycles. The van der Waals surface area contributed by atoms with Crippen LogP contribution in [-0.4, -0.2) is 37.3 Å². The Morgan fingerprint density at radius 1 is 1.06 bits per heavy atom. The predicted octanol–water partition coefficient (Wildman–Crippen LogP) is 4.53. The second kappa shape index (κ2) is 10.8. The van der Waals surface area contributed by atoms with Crippen molar-refractivity contribution in [3.63, 3.8) is 0 Å². The number of rotatable bonds is 9. The van der Waals surface area contributed by atoms with E-state index in [1.54, 1.807) is 0 Å². The number of hydrogen-bond acceptors (Lipinski definition) is 5. The molecule has 0 amide bonds. The van der Waals surface area contributed by atoms with Gasteiger partial charge in [-0.2, -0.15) is 0 Å². The van der Waals surface area contributed by atoms with Gasteiger partial charge in [0.1, 0.15) is 12.4 Å². The number of nitrogens with zero attached hydrogens (tertiary/aromatic N) is 2. The van der Waals surface area contributed by atoms with Gasteiger partial charge in [-0.15, -0.1) is 0 Å². The van der Waals surface area contributed by atoms with Crippen molar-refractivity contribution in [2.75, 3.05) is 31.2 Å². The monoisotopic (exact) mass is 443 g/mol. The van der Waals surface area contributed by atoms with Crippen LogP contribution in [0.1, 0.15) is 35.1 Å². The maximum Gasteiger partial charge on any atom is 0.139 e. The van der Waals surface area contributed by atoms with Gasteiger partial charge in [0.25, 0.3) is 0 Å². The zero-order valence-electron chi connectivity index (χ0n) is 19.2. The topological polar surface area (TPSA) is 46.6 Å². The van der Waals surface area contributed by atoms with Crippen LogP contribution in [0, 0.1) is 0 Å². The summed E-state index contributed by atoms with van der Waals surface area (Å²) in [6, 6.07) is 19.7. The van der Waals surface area contributed by atoms with E-state index in [0.717, 1.165) is 50.5 Å². The quantitative estimate of drug-likeness (QED) is 0.492. The van der Waals surface area contributed by atoms with Gasteiger partial charge < -0.3 is 19.7 Å². The van der Waals surface area contributed by atoms with Crippen LogP contribution in [0.5, 0.6) is 5.75 Å². The number of hydrogen-bond donors (Lipinski definition) is 1. The first-order valence-corrected chi connectivity index (χ1v) is 12.1. The number of fused-ring (bicyclic) bond motifs is 1. The second-order valence-corrected chi connectivity index (χ2v) is 9.00. The molecular weight excluding hydrogens is 410 g/mol. The molecule has 1 saturated heterocycles. The zero-order chi connectivity index (χ0) is 22.3. The molecule has 172 valence electrons. The highest BCUT2D eigenvalue weighted by molar-refractivity contribution is 5.52. The molecule has 0 radical (unpaired) electrons. The molecule has 2 aromatic carbocycles. The summed E-state index contributed by atoms with van der Waals surface area (Å²) in [6.07, 6.45) is 8.18. The molecule has 3 aromatic rings. The van der Waals surface area contributed by atoms with E-state index in [1.807, 2.05) is 18.5 Å². The molecule has 0 spiro atoms. The first-order chi connectivity index (χ1) is 16.3. The van der Waals surface area contributed by atoms with Crippen molar-refractivity contribution in [2.24, 2.45) is 0 Å². The number of aromatic nitrogens is 1. The molecule has 5 heteroatoms. The number of pyridine rings is 1. The maximum absolute atomic E-state index is 6.05. The molecule has 1 N–H and O–H groups in total. The average molecular weight is 444 g/mol. The highest BCUT2D eigenvalue weighted by Gasteiger charge is 2.20. The van der Waals surface area contributed by atoms with Crippen LogP contribution < -0.4 is 15.0 Å². The summed E-state index contributed by atoms with van der Waals surface area (Å²) in [5.74, 6) is 0.856. The van der Waals surface area contributed by atoms with E-state index in [0.29, 0.717) is 19.3 Å². The van der Waals surface area contributed by atoms with Gasteiger partial charge in [0.2, 0.25) is 0 Å². The molecule has 2 aliphatic heterocycles. The van der Waals surface area contributed by atoms with Gasteiger partial charge >= 0.3 is 0 Å². The summed E-state index contributed by atoms with van der Waals surface area (Å²) < 4.78 is 12.0. The number of nitrogens with one attached hydrogen (secondary N) is 1. The second-order valence-electron chi connectivity index (χ2n) is 9.00. The van der Waals surface area contributed by atoms with Crippen molar-refractivity contribution in [3.05, 3.63) is 89.2 Å². The van der Waals surface area contributed by atoms with Gasteiger partial charge in [-0.3, -0.25) is 4.98 Å². The molecule has 1 unspecified atom stereocenters. The molecule has 1 aromatic heterocycles. The average Bonchev–Trinajstić information content (AvgIpc) is 3.40. The molecule has 0 aliphatic carbocycles. The van der Waals surface area contributed by atoms with E-state index in [1.165, 1.54) is 35.1 Å². The predicted molar refractivity (Wildman–Crippen MR) is 132 cm³/mol. The minimum Gasteiger partial charge on any atom is -0.490 e. The van der Waals surface area contributed by atoms with E-state index >= 15 is 0 Å². The van der Waals surface area contributed by atoms with E-state index in [2.05, 4.69) is 63.7 Å². The van der Waals surface area contributed by atoms with Gasteiger partial charge in [0, 0.05) is 25.2 Å². The van der Waals surface area contributed by atoms with Gasteiger partial charge in [-0.25, -0.2) is 0 Å². The van der Waals surface area contributed by atoms with Crippen LogP contribution in [0.15, 0.2) is 67.0 Å². The standard InChI is InChI=1S/C28H33N3O2/c1-2-6-22(7-3-1)20-32-15-12-24-9-4-8-23-11-14-31(19-28(23)24)26-16-27(18-29-17-26)33-21-25-10-5-13-30-25/h1-4,6-9,16-18,25,30H,5,10-15,19-21H2. The molecule has 5 nitrogen and oxygen atoms in total. The molecule has 33 heavy (non-hydrogen) atoms.